The number of non-ortho nitro benzene ring substituents is 1. The summed E-state index contributed by atoms with van der Waals surface area (Å²) >= 11 is 7.92. The van der Waals surface area contributed by atoms with Gasteiger partial charge in [-0.1, -0.05) is 34.2 Å². The van der Waals surface area contributed by atoms with Crippen LogP contribution in [0.25, 0.3) is 0 Å². The molecule has 0 aliphatic heterocycles. The van der Waals surface area contributed by atoms with Gasteiger partial charge in [0.25, 0.3) is 11.6 Å². The third-order valence-electron chi connectivity index (χ3n) is 1.95. The molecule has 1 aromatic carbocycles. The van der Waals surface area contributed by atoms with Gasteiger partial charge >= 0.3 is 0 Å². The summed E-state index contributed by atoms with van der Waals surface area (Å²) in [6, 6.07) is 3.84. The SMILES string of the molecule is O=C(NCCCI)c1cc(Cl)cc([N+](=O)[O-])c1. The third kappa shape index (κ3) is 4.47. The Morgan fingerprint density at radius 3 is 2.76 bits per heavy atom. The van der Waals surface area contributed by atoms with Gasteiger partial charge in [-0.3, -0.25) is 14.9 Å². The number of hydrogen-bond acceptors (Lipinski definition) is 3. The maximum atomic E-state index is 11.7. The molecule has 0 aliphatic carbocycles. The van der Waals surface area contributed by atoms with E-state index in [2.05, 4.69) is 27.9 Å². The van der Waals surface area contributed by atoms with Crippen molar-refractivity contribution in [1.29, 1.82) is 0 Å². The molecule has 1 amide bonds. The van der Waals surface area contributed by atoms with Crippen molar-refractivity contribution in [2.24, 2.45) is 0 Å². The molecule has 1 aromatic rings. The van der Waals surface area contributed by atoms with Gasteiger partial charge < -0.3 is 5.32 Å². The molecule has 1 N–H and O–H groups in total. The van der Waals surface area contributed by atoms with Crippen LogP contribution in [0.2, 0.25) is 5.02 Å². The summed E-state index contributed by atoms with van der Waals surface area (Å²) < 4.78 is 0.938. The summed E-state index contributed by atoms with van der Waals surface area (Å²) in [5.41, 5.74) is 0.0224. The van der Waals surface area contributed by atoms with Crippen LogP contribution in [0, 0.1) is 10.1 Å². The minimum atomic E-state index is -0.576. The molecule has 17 heavy (non-hydrogen) atoms. The van der Waals surface area contributed by atoms with Crippen molar-refractivity contribution in [3.8, 4) is 0 Å². The number of carbonyl (C=O) groups is 1. The Balaban J connectivity index is 2.82. The fourth-order valence-electron chi connectivity index (χ4n) is 1.18. The smallest absolute Gasteiger partial charge is 0.271 e. The first-order valence-electron chi connectivity index (χ1n) is 4.83. The van der Waals surface area contributed by atoms with Gasteiger partial charge in [0.1, 0.15) is 0 Å². The normalized spacial score (nSPS) is 10.0. The monoisotopic (exact) mass is 368 g/mol. The standard InChI is InChI=1S/C10H10ClIN2O3/c11-8-4-7(5-9(6-8)14(16)17)10(15)13-3-1-2-12/h4-6H,1-3H2,(H,13,15). The van der Waals surface area contributed by atoms with Crippen LogP contribution in [-0.4, -0.2) is 21.8 Å². The molecule has 5 nitrogen and oxygen atoms in total. The highest BCUT2D eigenvalue weighted by atomic mass is 127. The first-order valence-corrected chi connectivity index (χ1v) is 6.74. The maximum absolute atomic E-state index is 11.7. The van der Waals surface area contributed by atoms with Crippen LogP contribution in [0.4, 0.5) is 5.69 Å². The fourth-order valence-corrected chi connectivity index (χ4v) is 1.79. The van der Waals surface area contributed by atoms with Crippen molar-refractivity contribution in [1.82, 2.24) is 5.32 Å². The number of carbonyl (C=O) groups excluding carboxylic acids is 1. The van der Waals surface area contributed by atoms with Crippen molar-refractivity contribution < 1.29 is 9.72 Å². The van der Waals surface area contributed by atoms with Gasteiger partial charge in [0, 0.05) is 33.7 Å². The number of nitro groups is 1. The lowest BCUT2D eigenvalue weighted by Crippen LogP contribution is -2.24. The van der Waals surface area contributed by atoms with Crippen molar-refractivity contribution in [3.63, 3.8) is 0 Å². The number of alkyl halides is 1. The first kappa shape index (κ1) is 14.2. The largest absolute Gasteiger partial charge is 0.352 e. The van der Waals surface area contributed by atoms with Gasteiger partial charge in [-0.2, -0.15) is 0 Å². The predicted octanol–water partition coefficient (Wildman–Crippen LogP) is 2.80. The molecule has 0 fully saturated rings. The number of hydrogen-bond donors (Lipinski definition) is 1. The average Bonchev–Trinajstić information content (AvgIpc) is 2.28. The topological polar surface area (TPSA) is 72.2 Å². The van der Waals surface area contributed by atoms with E-state index in [1.807, 2.05) is 0 Å². The number of benzene rings is 1. The first-order chi connectivity index (χ1) is 8.04. The Bertz CT molecular complexity index is 440. The molecular formula is C10H10ClIN2O3. The van der Waals surface area contributed by atoms with Gasteiger partial charge in [-0.25, -0.2) is 0 Å². The van der Waals surface area contributed by atoms with E-state index in [0.29, 0.717) is 6.54 Å². The van der Waals surface area contributed by atoms with Crippen LogP contribution in [0.5, 0.6) is 0 Å². The highest BCUT2D eigenvalue weighted by molar-refractivity contribution is 14.1. The number of amides is 1. The van der Waals surface area contributed by atoms with Gasteiger partial charge in [0.05, 0.1) is 4.92 Å². The number of nitrogens with one attached hydrogen (secondary N) is 1. The quantitative estimate of drug-likeness (QED) is 0.286. The van der Waals surface area contributed by atoms with E-state index in [1.54, 1.807) is 0 Å². The molecule has 0 aliphatic rings. The van der Waals surface area contributed by atoms with E-state index in [9.17, 15) is 14.9 Å². The molecule has 0 atom stereocenters. The molecule has 7 heteroatoms. The predicted molar refractivity (Wildman–Crippen MR) is 73.9 cm³/mol. The highest BCUT2D eigenvalue weighted by Gasteiger charge is 2.13. The lowest BCUT2D eigenvalue weighted by molar-refractivity contribution is -0.384. The Labute approximate surface area is 117 Å². The zero-order valence-electron chi connectivity index (χ0n) is 8.78. The molecule has 0 heterocycles. The van der Waals surface area contributed by atoms with E-state index < -0.39 is 4.92 Å². The Morgan fingerprint density at radius 2 is 2.18 bits per heavy atom. The van der Waals surface area contributed by atoms with Crippen LogP contribution in [-0.2, 0) is 0 Å². The zero-order valence-corrected chi connectivity index (χ0v) is 11.7. The molecule has 1 rings (SSSR count). The van der Waals surface area contributed by atoms with Crippen LogP contribution in [0.1, 0.15) is 16.8 Å². The van der Waals surface area contributed by atoms with Crippen molar-refractivity contribution in [2.45, 2.75) is 6.42 Å². The van der Waals surface area contributed by atoms with E-state index >= 15 is 0 Å². The number of rotatable bonds is 5. The minimum absolute atomic E-state index is 0.179. The summed E-state index contributed by atoms with van der Waals surface area (Å²) in [6.07, 6.45) is 0.856. The van der Waals surface area contributed by atoms with Gasteiger partial charge in [0.2, 0.25) is 0 Å². The van der Waals surface area contributed by atoms with Crippen LogP contribution in [0.3, 0.4) is 0 Å². The van der Waals surface area contributed by atoms with E-state index in [4.69, 9.17) is 11.6 Å². The summed E-state index contributed by atoms with van der Waals surface area (Å²) in [4.78, 5) is 21.7. The summed E-state index contributed by atoms with van der Waals surface area (Å²) in [7, 11) is 0. The molecule has 0 aromatic heterocycles. The van der Waals surface area contributed by atoms with Crippen molar-refractivity contribution in [2.75, 3.05) is 11.0 Å². The minimum Gasteiger partial charge on any atom is -0.352 e. The summed E-state index contributed by atoms with van der Waals surface area (Å²) in [5, 5.41) is 13.4. The average molecular weight is 369 g/mol. The molecule has 0 spiro atoms. The fraction of sp³-hybridized carbons (Fsp3) is 0.300. The second kappa shape index (κ2) is 6.75. The Kier molecular flexibility index (Phi) is 5.63. The molecule has 92 valence electrons. The van der Waals surface area contributed by atoms with Gasteiger partial charge in [-0.05, 0) is 12.5 Å². The van der Waals surface area contributed by atoms with Crippen LogP contribution < -0.4 is 5.32 Å². The number of halogens is 2. The zero-order chi connectivity index (χ0) is 12.8. The number of nitro benzene ring substituents is 1. The Morgan fingerprint density at radius 1 is 1.47 bits per heavy atom. The lowest BCUT2D eigenvalue weighted by Gasteiger charge is -2.04. The number of nitrogens with zero attached hydrogens (tertiary/aromatic N) is 1. The lowest BCUT2D eigenvalue weighted by atomic mass is 10.2. The van der Waals surface area contributed by atoms with E-state index in [-0.39, 0.29) is 22.2 Å². The molecule has 0 radical (unpaired) electrons. The maximum Gasteiger partial charge on any atom is 0.271 e. The van der Waals surface area contributed by atoms with Crippen LogP contribution in [0.15, 0.2) is 18.2 Å². The summed E-state index contributed by atoms with van der Waals surface area (Å²) in [5.74, 6) is -0.347. The molecular weight excluding hydrogens is 358 g/mol. The molecule has 0 saturated carbocycles. The third-order valence-corrected chi connectivity index (χ3v) is 2.93. The molecule has 0 saturated heterocycles. The molecule has 0 bridgehead atoms. The van der Waals surface area contributed by atoms with Crippen LogP contribution >= 0.6 is 34.2 Å². The van der Waals surface area contributed by atoms with Gasteiger partial charge in [-0.15, -0.1) is 0 Å². The van der Waals surface area contributed by atoms with Gasteiger partial charge in [0.15, 0.2) is 0 Å². The second-order valence-corrected chi connectivity index (χ2v) is 4.77. The van der Waals surface area contributed by atoms with Crippen molar-refractivity contribution in [3.05, 3.63) is 38.9 Å². The summed E-state index contributed by atoms with van der Waals surface area (Å²) in [6.45, 7) is 0.544. The van der Waals surface area contributed by atoms with E-state index in [0.717, 1.165) is 10.8 Å². The van der Waals surface area contributed by atoms with E-state index in [1.165, 1.54) is 18.2 Å². The molecule has 0 unspecified atom stereocenters. The second-order valence-electron chi connectivity index (χ2n) is 3.25. The highest BCUT2D eigenvalue weighted by Crippen LogP contribution is 2.20. The van der Waals surface area contributed by atoms with Crippen molar-refractivity contribution >= 4 is 45.8 Å². The Hall–Kier alpha value is -0.890.